The molecular formula is C11H15N7. The highest BCUT2D eigenvalue weighted by Gasteiger charge is 2.27. The van der Waals surface area contributed by atoms with Crippen LogP contribution in [0.2, 0.25) is 0 Å². The molecule has 0 saturated heterocycles. The van der Waals surface area contributed by atoms with Gasteiger partial charge in [0.2, 0.25) is 0 Å². The summed E-state index contributed by atoms with van der Waals surface area (Å²) in [6.07, 6.45) is 2.28. The van der Waals surface area contributed by atoms with Crippen LogP contribution >= 0.6 is 0 Å². The average molecular weight is 245 g/mol. The highest BCUT2D eigenvalue weighted by Crippen LogP contribution is 2.38. The van der Waals surface area contributed by atoms with Crippen molar-refractivity contribution in [3.63, 3.8) is 0 Å². The van der Waals surface area contributed by atoms with Crippen molar-refractivity contribution in [1.82, 2.24) is 24.7 Å². The maximum absolute atomic E-state index is 5.44. The molecule has 0 amide bonds. The second-order valence-corrected chi connectivity index (χ2v) is 4.51. The Hall–Kier alpha value is -2.02. The van der Waals surface area contributed by atoms with E-state index in [0.717, 1.165) is 30.3 Å². The molecule has 0 spiro atoms. The summed E-state index contributed by atoms with van der Waals surface area (Å²) in [6, 6.07) is 1.77. The molecule has 2 heterocycles. The molecule has 3 N–H and O–H groups in total. The maximum atomic E-state index is 5.44. The number of nitrogen functional groups attached to an aromatic ring is 1. The monoisotopic (exact) mass is 245 g/mol. The van der Waals surface area contributed by atoms with Crippen molar-refractivity contribution < 1.29 is 0 Å². The van der Waals surface area contributed by atoms with Crippen LogP contribution in [-0.4, -0.2) is 24.7 Å². The molecule has 7 nitrogen and oxygen atoms in total. The average Bonchev–Trinajstić information content (AvgIpc) is 3.14. The molecular weight excluding hydrogens is 230 g/mol. The Morgan fingerprint density at radius 1 is 1.28 bits per heavy atom. The molecule has 0 atom stereocenters. The van der Waals surface area contributed by atoms with Gasteiger partial charge < -0.3 is 5.43 Å². The molecule has 0 aliphatic heterocycles. The minimum atomic E-state index is 0.460. The number of rotatable bonds is 3. The normalized spacial score (nSPS) is 14.8. The van der Waals surface area contributed by atoms with Gasteiger partial charge in [-0.2, -0.15) is 4.68 Å². The van der Waals surface area contributed by atoms with E-state index < -0.39 is 0 Å². The Balaban J connectivity index is 2.10. The van der Waals surface area contributed by atoms with E-state index in [0.29, 0.717) is 17.6 Å². The van der Waals surface area contributed by atoms with Crippen LogP contribution in [0.3, 0.4) is 0 Å². The van der Waals surface area contributed by atoms with E-state index in [1.165, 1.54) is 0 Å². The summed E-state index contributed by atoms with van der Waals surface area (Å²) in [5.74, 6) is 9.57. The minimum Gasteiger partial charge on any atom is -0.308 e. The molecule has 94 valence electrons. The van der Waals surface area contributed by atoms with Gasteiger partial charge in [0.05, 0.1) is 0 Å². The van der Waals surface area contributed by atoms with E-state index in [2.05, 4.69) is 25.5 Å². The van der Waals surface area contributed by atoms with Crippen LogP contribution in [0.15, 0.2) is 6.07 Å². The fourth-order valence-electron chi connectivity index (χ4n) is 1.90. The van der Waals surface area contributed by atoms with Crippen molar-refractivity contribution in [2.24, 2.45) is 5.84 Å². The molecule has 18 heavy (non-hydrogen) atoms. The lowest BCUT2D eigenvalue weighted by Gasteiger charge is -2.07. The van der Waals surface area contributed by atoms with Gasteiger partial charge in [0, 0.05) is 12.0 Å². The van der Waals surface area contributed by atoms with E-state index in [-0.39, 0.29) is 0 Å². The molecule has 3 rings (SSSR count). The topological polar surface area (TPSA) is 94.5 Å². The lowest BCUT2D eigenvalue weighted by molar-refractivity contribution is 0.779. The lowest BCUT2D eigenvalue weighted by atomic mass is 10.4. The number of hydrogen-bond acceptors (Lipinski definition) is 6. The fourth-order valence-corrected chi connectivity index (χ4v) is 1.90. The number of aryl methyl sites for hydroxylation is 2. The Labute approximate surface area is 104 Å². The van der Waals surface area contributed by atoms with Crippen LogP contribution in [0.5, 0.6) is 0 Å². The van der Waals surface area contributed by atoms with Gasteiger partial charge in [0.15, 0.2) is 5.82 Å². The second-order valence-electron chi connectivity index (χ2n) is 4.51. The smallest absolute Gasteiger partial charge is 0.161 e. The molecule has 2 aromatic rings. The number of nitrogens with zero attached hydrogens (tertiary/aromatic N) is 5. The third-order valence-electron chi connectivity index (χ3n) is 2.91. The van der Waals surface area contributed by atoms with Crippen LogP contribution in [0.1, 0.15) is 36.2 Å². The van der Waals surface area contributed by atoms with E-state index in [9.17, 15) is 0 Å². The first kappa shape index (κ1) is 11.1. The number of nitrogens with one attached hydrogen (secondary N) is 1. The summed E-state index contributed by atoms with van der Waals surface area (Å²) in [5.41, 5.74) is 2.57. The highest BCUT2D eigenvalue weighted by atomic mass is 15.4. The minimum absolute atomic E-state index is 0.460. The summed E-state index contributed by atoms with van der Waals surface area (Å²) in [7, 11) is 0. The van der Waals surface area contributed by atoms with Crippen LogP contribution in [0.4, 0.5) is 5.82 Å². The van der Waals surface area contributed by atoms with Crippen molar-refractivity contribution >= 4 is 5.82 Å². The predicted octanol–water partition coefficient (Wildman–Crippen LogP) is 0.837. The lowest BCUT2D eigenvalue weighted by Crippen LogP contribution is -2.13. The van der Waals surface area contributed by atoms with Crippen LogP contribution in [-0.2, 0) is 0 Å². The van der Waals surface area contributed by atoms with Gasteiger partial charge in [0.25, 0.3) is 0 Å². The Bertz CT molecular complexity index is 585. The second kappa shape index (κ2) is 4.02. The van der Waals surface area contributed by atoms with Crippen LogP contribution in [0.25, 0.3) is 5.82 Å². The summed E-state index contributed by atoms with van der Waals surface area (Å²) >= 11 is 0. The Morgan fingerprint density at radius 3 is 2.61 bits per heavy atom. The molecule has 1 fully saturated rings. The molecule has 1 aliphatic rings. The number of nitrogens with two attached hydrogens (primary N) is 1. The summed E-state index contributed by atoms with van der Waals surface area (Å²) < 4.78 is 1.71. The molecule has 0 bridgehead atoms. The van der Waals surface area contributed by atoms with Gasteiger partial charge in [-0.3, -0.25) is 0 Å². The number of hydrazine groups is 1. The zero-order chi connectivity index (χ0) is 12.7. The van der Waals surface area contributed by atoms with Crippen molar-refractivity contribution in [2.75, 3.05) is 5.43 Å². The molecule has 7 heteroatoms. The zero-order valence-corrected chi connectivity index (χ0v) is 10.4. The predicted molar refractivity (Wildman–Crippen MR) is 66.2 cm³/mol. The van der Waals surface area contributed by atoms with Gasteiger partial charge in [-0.05, 0) is 26.7 Å². The summed E-state index contributed by atoms with van der Waals surface area (Å²) in [5, 5.41) is 4.32. The van der Waals surface area contributed by atoms with Gasteiger partial charge >= 0.3 is 0 Å². The highest BCUT2D eigenvalue weighted by molar-refractivity contribution is 5.41. The SMILES string of the molecule is Cc1nc(C)n(-c2cc(NN)nc(C3CC3)n2)n1. The third-order valence-corrected chi connectivity index (χ3v) is 2.91. The quantitative estimate of drug-likeness (QED) is 0.614. The summed E-state index contributed by atoms with van der Waals surface area (Å²) in [6.45, 7) is 3.75. The molecule has 0 radical (unpaired) electrons. The maximum Gasteiger partial charge on any atom is 0.161 e. The van der Waals surface area contributed by atoms with Crippen LogP contribution in [0, 0.1) is 13.8 Å². The zero-order valence-electron chi connectivity index (χ0n) is 10.4. The van der Waals surface area contributed by atoms with E-state index in [4.69, 9.17) is 5.84 Å². The van der Waals surface area contributed by atoms with Gasteiger partial charge in [-0.1, -0.05) is 0 Å². The first-order valence-corrected chi connectivity index (χ1v) is 5.93. The first-order valence-electron chi connectivity index (χ1n) is 5.93. The largest absolute Gasteiger partial charge is 0.308 e. The molecule has 0 unspecified atom stereocenters. The van der Waals surface area contributed by atoms with E-state index >= 15 is 0 Å². The van der Waals surface area contributed by atoms with E-state index in [1.807, 2.05) is 13.8 Å². The third kappa shape index (κ3) is 1.92. The van der Waals surface area contributed by atoms with Crippen LogP contribution < -0.4 is 11.3 Å². The number of hydrogen-bond donors (Lipinski definition) is 2. The van der Waals surface area contributed by atoms with E-state index in [1.54, 1.807) is 10.7 Å². The van der Waals surface area contributed by atoms with Crippen molar-refractivity contribution in [3.8, 4) is 5.82 Å². The number of aromatic nitrogens is 5. The molecule has 1 aliphatic carbocycles. The van der Waals surface area contributed by atoms with Gasteiger partial charge in [-0.25, -0.2) is 20.8 Å². The molecule has 2 aromatic heterocycles. The van der Waals surface area contributed by atoms with Crippen molar-refractivity contribution in [1.29, 1.82) is 0 Å². The van der Waals surface area contributed by atoms with Gasteiger partial charge in [-0.15, -0.1) is 5.10 Å². The molecule has 1 saturated carbocycles. The van der Waals surface area contributed by atoms with Crippen molar-refractivity contribution in [3.05, 3.63) is 23.5 Å². The molecule has 0 aromatic carbocycles. The Morgan fingerprint density at radius 2 is 2.06 bits per heavy atom. The first-order chi connectivity index (χ1) is 8.67. The summed E-state index contributed by atoms with van der Waals surface area (Å²) in [4.78, 5) is 13.2. The Kier molecular flexibility index (Phi) is 2.48. The fraction of sp³-hybridized carbons (Fsp3) is 0.455. The van der Waals surface area contributed by atoms with Gasteiger partial charge in [0.1, 0.15) is 23.3 Å². The van der Waals surface area contributed by atoms with Crippen molar-refractivity contribution in [2.45, 2.75) is 32.6 Å². The number of anilines is 1. The standard InChI is InChI=1S/C11H15N7/c1-6-13-7(2)18(17-6)10-5-9(16-12)14-11(15-10)8-3-4-8/h5,8H,3-4,12H2,1-2H3,(H,14,15,16).